The zero-order chi connectivity index (χ0) is 18.2. The van der Waals surface area contributed by atoms with Gasteiger partial charge in [0.2, 0.25) is 10.0 Å². The number of benzene rings is 2. The summed E-state index contributed by atoms with van der Waals surface area (Å²) in [5.74, 6) is 0.591. The third-order valence-corrected chi connectivity index (χ3v) is 7.71. The number of nitro benzene ring substituents is 1. The van der Waals surface area contributed by atoms with E-state index in [9.17, 15) is 18.5 Å². The average molecular weight is 419 g/mol. The quantitative estimate of drug-likeness (QED) is 0.544. The zero-order valence-corrected chi connectivity index (χ0v) is 15.8. The first kappa shape index (κ1) is 18.5. The van der Waals surface area contributed by atoms with E-state index in [1.807, 2.05) is 0 Å². The third-order valence-electron chi connectivity index (χ3n) is 3.71. The van der Waals surface area contributed by atoms with Crippen LogP contribution in [0.1, 0.15) is 10.9 Å². The highest BCUT2D eigenvalue weighted by molar-refractivity contribution is 8.01. The van der Waals surface area contributed by atoms with E-state index < -0.39 is 20.3 Å². The molecule has 0 aromatic heterocycles. The Balaban J connectivity index is 1.99. The summed E-state index contributed by atoms with van der Waals surface area (Å²) in [5, 5.41) is 10.9. The van der Waals surface area contributed by atoms with E-state index in [2.05, 4.69) is 0 Å². The molecule has 2 aromatic carbocycles. The van der Waals surface area contributed by atoms with E-state index in [0.29, 0.717) is 17.9 Å². The molecule has 10 heteroatoms. The lowest BCUT2D eigenvalue weighted by atomic mass is 10.2. The van der Waals surface area contributed by atoms with E-state index >= 15 is 0 Å². The maximum Gasteiger partial charge on any atom is 0.269 e. The van der Waals surface area contributed by atoms with Crippen molar-refractivity contribution in [3.63, 3.8) is 0 Å². The monoisotopic (exact) mass is 418 g/mol. The molecule has 1 aliphatic heterocycles. The third kappa shape index (κ3) is 3.63. The summed E-state index contributed by atoms with van der Waals surface area (Å²) in [4.78, 5) is 10.5. The van der Waals surface area contributed by atoms with Gasteiger partial charge in [-0.2, -0.15) is 4.31 Å². The van der Waals surface area contributed by atoms with Gasteiger partial charge in [-0.15, -0.1) is 11.8 Å². The fourth-order valence-electron chi connectivity index (χ4n) is 2.53. The van der Waals surface area contributed by atoms with Gasteiger partial charge in [-0.1, -0.05) is 35.3 Å². The highest BCUT2D eigenvalue weighted by Gasteiger charge is 2.37. The van der Waals surface area contributed by atoms with Crippen LogP contribution in [0.5, 0.6) is 0 Å². The molecule has 2 aromatic rings. The minimum Gasteiger partial charge on any atom is -0.258 e. The standard InChI is InChI=1S/C15H12Cl2N2O4S2/c16-13-5-4-12(9-14(13)17)25(22,23)18-6-7-24-15(18)10-2-1-3-11(8-10)19(20)21/h1-5,8-9,15H,6-7H2. The molecule has 0 spiro atoms. The number of rotatable bonds is 4. The number of thioether (sulfide) groups is 1. The predicted molar refractivity (Wildman–Crippen MR) is 98.6 cm³/mol. The first-order valence-corrected chi connectivity index (χ1v) is 10.4. The van der Waals surface area contributed by atoms with Crippen LogP contribution in [0.15, 0.2) is 47.4 Å². The smallest absolute Gasteiger partial charge is 0.258 e. The van der Waals surface area contributed by atoms with Crippen molar-refractivity contribution >= 4 is 50.7 Å². The summed E-state index contributed by atoms with van der Waals surface area (Å²) in [7, 11) is -3.81. The largest absolute Gasteiger partial charge is 0.269 e. The molecule has 6 nitrogen and oxygen atoms in total. The minimum absolute atomic E-state index is 0.0415. The van der Waals surface area contributed by atoms with Crippen LogP contribution in [0.3, 0.4) is 0 Å². The van der Waals surface area contributed by atoms with E-state index in [1.165, 1.54) is 46.4 Å². The lowest BCUT2D eigenvalue weighted by molar-refractivity contribution is -0.384. The molecule has 0 amide bonds. The second kappa shape index (κ2) is 7.13. The number of nitrogens with zero attached hydrogens (tertiary/aromatic N) is 2. The second-order valence-corrected chi connectivity index (χ2v) is 9.16. The fourth-order valence-corrected chi connectivity index (χ4v) is 6.15. The number of non-ortho nitro benzene ring substituents is 1. The molecule has 3 rings (SSSR count). The van der Waals surface area contributed by atoms with Crippen molar-refractivity contribution in [2.75, 3.05) is 12.3 Å². The average Bonchev–Trinajstić information content (AvgIpc) is 3.08. The Morgan fingerprint density at radius 2 is 1.92 bits per heavy atom. The highest BCUT2D eigenvalue weighted by atomic mass is 35.5. The van der Waals surface area contributed by atoms with Gasteiger partial charge in [0.05, 0.1) is 25.2 Å². The van der Waals surface area contributed by atoms with Gasteiger partial charge >= 0.3 is 0 Å². The van der Waals surface area contributed by atoms with Gasteiger partial charge in [0.1, 0.15) is 0 Å². The molecule has 25 heavy (non-hydrogen) atoms. The first-order valence-electron chi connectivity index (χ1n) is 7.13. The van der Waals surface area contributed by atoms with Crippen LogP contribution in [0.2, 0.25) is 10.0 Å². The number of nitro groups is 1. The van der Waals surface area contributed by atoms with Gasteiger partial charge in [0.25, 0.3) is 5.69 Å². The number of hydrogen-bond donors (Lipinski definition) is 0. The molecule has 0 bridgehead atoms. The van der Waals surface area contributed by atoms with Crippen LogP contribution in [0, 0.1) is 10.1 Å². The number of halogens is 2. The van der Waals surface area contributed by atoms with Crippen molar-refractivity contribution in [3.8, 4) is 0 Å². The maximum absolute atomic E-state index is 13.0. The molecular formula is C15H12Cl2N2O4S2. The van der Waals surface area contributed by atoms with Crippen molar-refractivity contribution in [2.45, 2.75) is 10.3 Å². The molecule has 1 heterocycles. The van der Waals surface area contributed by atoms with E-state index in [0.717, 1.165) is 0 Å². The molecule has 1 aliphatic rings. The predicted octanol–water partition coefficient (Wildman–Crippen LogP) is 4.34. The fraction of sp³-hybridized carbons (Fsp3) is 0.200. The van der Waals surface area contributed by atoms with Gasteiger partial charge in [-0.3, -0.25) is 10.1 Å². The Bertz CT molecular complexity index is 937. The topological polar surface area (TPSA) is 80.5 Å². The molecule has 0 N–H and O–H groups in total. The Morgan fingerprint density at radius 3 is 2.60 bits per heavy atom. The van der Waals surface area contributed by atoms with Crippen LogP contribution in [-0.2, 0) is 10.0 Å². The molecule has 1 unspecified atom stereocenters. The molecular weight excluding hydrogens is 407 g/mol. The lowest BCUT2D eigenvalue weighted by Crippen LogP contribution is -2.30. The SMILES string of the molecule is O=[N+]([O-])c1cccc(C2SCCN2S(=O)(=O)c2ccc(Cl)c(Cl)c2)c1. The van der Waals surface area contributed by atoms with Crippen molar-refractivity contribution < 1.29 is 13.3 Å². The Labute approximate surface area is 158 Å². The summed E-state index contributed by atoms with van der Waals surface area (Å²) in [6.45, 7) is 0.306. The summed E-state index contributed by atoms with van der Waals surface area (Å²) < 4.78 is 27.3. The number of sulfonamides is 1. The van der Waals surface area contributed by atoms with E-state index in [-0.39, 0.29) is 20.6 Å². The highest BCUT2D eigenvalue weighted by Crippen LogP contribution is 2.42. The van der Waals surface area contributed by atoms with Crippen LogP contribution in [-0.4, -0.2) is 29.9 Å². The van der Waals surface area contributed by atoms with Crippen LogP contribution in [0.4, 0.5) is 5.69 Å². The lowest BCUT2D eigenvalue weighted by Gasteiger charge is -2.23. The van der Waals surface area contributed by atoms with Crippen molar-refractivity contribution in [1.82, 2.24) is 4.31 Å². The summed E-state index contributed by atoms with van der Waals surface area (Å²) in [6.07, 6.45) is 0. The molecule has 0 aliphatic carbocycles. The Kier molecular flexibility index (Phi) is 5.26. The zero-order valence-electron chi connectivity index (χ0n) is 12.6. The molecule has 1 fully saturated rings. The molecule has 132 valence electrons. The van der Waals surface area contributed by atoms with Crippen LogP contribution < -0.4 is 0 Å². The van der Waals surface area contributed by atoms with Crippen molar-refractivity contribution in [3.05, 3.63) is 68.2 Å². The molecule has 1 saturated heterocycles. The van der Waals surface area contributed by atoms with Gasteiger partial charge in [-0.25, -0.2) is 8.42 Å². The molecule has 0 radical (unpaired) electrons. The summed E-state index contributed by atoms with van der Waals surface area (Å²) >= 11 is 13.2. The first-order chi connectivity index (χ1) is 11.8. The van der Waals surface area contributed by atoms with Gasteiger partial charge in [0.15, 0.2) is 0 Å². The minimum atomic E-state index is -3.81. The van der Waals surface area contributed by atoms with Gasteiger partial charge in [-0.05, 0) is 23.8 Å². The van der Waals surface area contributed by atoms with E-state index in [4.69, 9.17) is 23.2 Å². The molecule has 0 saturated carbocycles. The normalized spacial score (nSPS) is 18.4. The summed E-state index contributed by atoms with van der Waals surface area (Å²) in [5.41, 5.74) is 0.497. The maximum atomic E-state index is 13.0. The van der Waals surface area contributed by atoms with Crippen LogP contribution in [0.25, 0.3) is 0 Å². The summed E-state index contributed by atoms with van der Waals surface area (Å²) in [6, 6.07) is 10.2. The van der Waals surface area contributed by atoms with Crippen molar-refractivity contribution in [1.29, 1.82) is 0 Å². The van der Waals surface area contributed by atoms with Gasteiger partial charge in [0, 0.05) is 24.4 Å². The Morgan fingerprint density at radius 1 is 1.16 bits per heavy atom. The molecule has 1 atom stereocenters. The number of hydrogen-bond acceptors (Lipinski definition) is 5. The van der Waals surface area contributed by atoms with Crippen LogP contribution >= 0.6 is 35.0 Å². The van der Waals surface area contributed by atoms with Crippen molar-refractivity contribution in [2.24, 2.45) is 0 Å². The van der Waals surface area contributed by atoms with E-state index in [1.54, 1.807) is 12.1 Å². The second-order valence-electron chi connectivity index (χ2n) is 5.27. The van der Waals surface area contributed by atoms with Gasteiger partial charge < -0.3 is 0 Å². The Hall–Kier alpha value is -1.32.